The second-order valence-electron chi connectivity index (χ2n) is 7.48. The highest BCUT2D eigenvalue weighted by Crippen LogP contribution is 2.23. The molecule has 1 aromatic heterocycles. The maximum Gasteiger partial charge on any atom is 0.410 e. The molecule has 0 bridgehead atoms. The van der Waals surface area contributed by atoms with Gasteiger partial charge in [-0.25, -0.2) is 9.59 Å². The molecule has 1 fully saturated rings. The molecular weight excluding hydrogens is 334 g/mol. The largest absolute Gasteiger partial charge is 0.461 e. The minimum absolute atomic E-state index is 0.143. The Morgan fingerprint density at radius 1 is 1.35 bits per heavy atom. The van der Waals surface area contributed by atoms with E-state index in [-0.39, 0.29) is 18.6 Å². The van der Waals surface area contributed by atoms with Crippen LogP contribution in [0.15, 0.2) is 12.1 Å². The Bertz CT molecular complexity index is 697. The van der Waals surface area contributed by atoms with Gasteiger partial charge >= 0.3 is 12.1 Å². The molecule has 1 unspecified atom stereocenters. The number of piperidine rings is 1. The fourth-order valence-electron chi connectivity index (χ4n) is 3.11. The molecule has 1 amide bonds. The number of likely N-dealkylation sites (tertiary alicyclic amines) is 1. The van der Waals surface area contributed by atoms with Crippen molar-refractivity contribution in [2.75, 3.05) is 19.7 Å². The first-order valence-electron chi connectivity index (χ1n) is 8.99. The van der Waals surface area contributed by atoms with E-state index in [9.17, 15) is 14.9 Å². The first-order valence-corrected chi connectivity index (χ1v) is 8.99. The van der Waals surface area contributed by atoms with Gasteiger partial charge in [-0.05, 0) is 58.6 Å². The van der Waals surface area contributed by atoms with Crippen molar-refractivity contribution in [1.82, 2.24) is 9.47 Å². The third-order valence-corrected chi connectivity index (χ3v) is 4.19. The molecular formula is C19H27N3O4. The van der Waals surface area contributed by atoms with E-state index in [2.05, 4.69) is 6.07 Å². The first kappa shape index (κ1) is 19.8. The predicted octanol–water partition coefficient (Wildman–Crippen LogP) is 3.18. The van der Waals surface area contributed by atoms with Gasteiger partial charge in [0.25, 0.3) is 0 Å². The molecule has 2 heterocycles. The van der Waals surface area contributed by atoms with Gasteiger partial charge in [-0.2, -0.15) is 5.26 Å². The van der Waals surface area contributed by atoms with Crippen molar-refractivity contribution in [3.63, 3.8) is 0 Å². The van der Waals surface area contributed by atoms with Crippen molar-refractivity contribution in [1.29, 1.82) is 5.26 Å². The zero-order chi connectivity index (χ0) is 19.3. The molecule has 0 aromatic carbocycles. The Labute approximate surface area is 154 Å². The van der Waals surface area contributed by atoms with Crippen molar-refractivity contribution >= 4 is 12.1 Å². The molecule has 2 rings (SSSR count). The second kappa shape index (κ2) is 8.26. The van der Waals surface area contributed by atoms with Crippen LogP contribution in [0.2, 0.25) is 0 Å². The molecule has 0 N–H and O–H groups in total. The maximum absolute atomic E-state index is 12.3. The molecule has 142 valence electrons. The number of hydrogen-bond acceptors (Lipinski definition) is 5. The lowest BCUT2D eigenvalue weighted by molar-refractivity contribution is 0.0155. The van der Waals surface area contributed by atoms with E-state index >= 15 is 0 Å². The number of nitrogens with zero attached hydrogens (tertiary/aromatic N) is 3. The highest BCUT2D eigenvalue weighted by Gasteiger charge is 2.29. The lowest BCUT2D eigenvalue weighted by Gasteiger charge is -2.34. The van der Waals surface area contributed by atoms with Crippen LogP contribution in [0.1, 0.15) is 56.7 Å². The van der Waals surface area contributed by atoms with Crippen LogP contribution >= 0.6 is 0 Å². The molecule has 1 aromatic rings. The van der Waals surface area contributed by atoms with Crippen LogP contribution in [0, 0.1) is 17.2 Å². The fourth-order valence-corrected chi connectivity index (χ4v) is 3.11. The van der Waals surface area contributed by atoms with Crippen LogP contribution in [-0.2, 0) is 16.0 Å². The van der Waals surface area contributed by atoms with Crippen LogP contribution < -0.4 is 0 Å². The van der Waals surface area contributed by atoms with Gasteiger partial charge in [0.15, 0.2) is 0 Å². The highest BCUT2D eigenvalue weighted by atomic mass is 16.6. The smallest absolute Gasteiger partial charge is 0.410 e. The van der Waals surface area contributed by atoms with Crippen molar-refractivity contribution in [3.05, 3.63) is 23.5 Å². The van der Waals surface area contributed by atoms with Crippen LogP contribution in [-0.4, -0.2) is 46.8 Å². The Morgan fingerprint density at radius 2 is 2.08 bits per heavy atom. The zero-order valence-corrected chi connectivity index (χ0v) is 15.9. The molecule has 1 aliphatic rings. The van der Waals surface area contributed by atoms with Gasteiger partial charge in [-0.15, -0.1) is 0 Å². The van der Waals surface area contributed by atoms with Gasteiger partial charge in [0.1, 0.15) is 23.1 Å². The highest BCUT2D eigenvalue weighted by molar-refractivity contribution is 5.88. The number of rotatable bonds is 4. The minimum Gasteiger partial charge on any atom is -0.461 e. The third-order valence-electron chi connectivity index (χ3n) is 4.19. The van der Waals surface area contributed by atoms with E-state index in [1.165, 1.54) is 0 Å². The standard InChI is InChI=1S/C19H27N3O4/c1-5-25-17(23)16-9-8-15(11-20)22(16)13-14-7-6-10-21(12-14)18(24)26-19(2,3)4/h8-9,14H,5-7,10,12-13H2,1-4H3. The Morgan fingerprint density at radius 3 is 2.69 bits per heavy atom. The number of carbonyl (C=O) groups excluding carboxylic acids is 2. The summed E-state index contributed by atoms with van der Waals surface area (Å²) < 4.78 is 12.2. The molecule has 26 heavy (non-hydrogen) atoms. The molecule has 1 atom stereocenters. The molecule has 1 saturated heterocycles. The number of hydrogen-bond donors (Lipinski definition) is 0. The SMILES string of the molecule is CCOC(=O)c1ccc(C#N)n1CC1CCCN(C(=O)OC(C)(C)C)C1. The molecule has 7 nitrogen and oxygen atoms in total. The van der Waals surface area contributed by atoms with Gasteiger partial charge in [0.05, 0.1) is 6.61 Å². The van der Waals surface area contributed by atoms with E-state index in [4.69, 9.17) is 9.47 Å². The van der Waals surface area contributed by atoms with Crippen molar-refractivity contribution in [2.24, 2.45) is 5.92 Å². The molecule has 0 spiro atoms. The average molecular weight is 361 g/mol. The molecule has 0 aliphatic carbocycles. The van der Waals surface area contributed by atoms with Crippen LogP contribution in [0.4, 0.5) is 4.79 Å². The lowest BCUT2D eigenvalue weighted by atomic mass is 9.98. The number of nitriles is 1. The number of carbonyl (C=O) groups is 2. The summed E-state index contributed by atoms with van der Waals surface area (Å²) in [6.07, 6.45) is 1.47. The van der Waals surface area contributed by atoms with Gasteiger partial charge in [-0.1, -0.05) is 0 Å². The Kier molecular flexibility index (Phi) is 6.30. The lowest BCUT2D eigenvalue weighted by Crippen LogP contribution is -2.43. The summed E-state index contributed by atoms with van der Waals surface area (Å²) in [5, 5.41) is 9.33. The number of aromatic nitrogens is 1. The number of esters is 1. The van der Waals surface area contributed by atoms with Gasteiger partial charge in [-0.3, -0.25) is 0 Å². The Balaban J connectivity index is 2.11. The fraction of sp³-hybridized carbons (Fsp3) is 0.632. The number of amides is 1. The summed E-state index contributed by atoms with van der Waals surface area (Å²) in [5.41, 5.74) is 0.260. The molecule has 0 saturated carbocycles. The van der Waals surface area contributed by atoms with Crippen LogP contribution in [0.25, 0.3) is 0 Å². The first-order chi connectivity index (χ1) is 12.2. The monoisotopic (exact) mass is 361 g/mol. The van der Waals surface area contributed by atoms with Gasteiger partial charge in [0.2, 0.25) is 0 Å². The molecule has 7 heteroatoms. The van der Waals surface area contributed by atoms with Crippen molar-refractivity contribution in [2.45, 2.75) is 52.7 Å². The van der Waals surface area contributed by atoms with E-state index in [0.717, 1.165) is 12.8 Å². The van der Waals surface area contributed by atoms with E-state index in [0.29, 0.717) is 31.0 Å². The van der Waals surface area contributed by atoms with Crippen LogP contribution in [0.5, 0.6) is 0 Å². The summed E-state index contributed by atoms with van der Waals surface area (Å²) in [4.78, 5) is 26.2. The summed E-state index contributed by atoms with van der Waals surface area (Å²) >= 11 is 0. The minimum atomic E-state index is -0.532. The topological polar surface area (TPSA) is 84.6 Å². The van der Waals surface area contributed by atoms with E-state index in [1.807, 2.05) is 20.8 Å². The molecule has 1 aliphatic heterocycles. The maximum atomic E-state index is 12.3. The van der Waals surface area contributed by atoms with E-state index < -0.39 is 11.6 Å². The van der Waals surface area contributed by atoms with Crippen molar-refractivity contribution in [3.8, 4) is 6.07 Å². The average Bonchev–Trinajstić information content (AvgIpc) is 2.96. The quantitative estimate of drug-likeness (QED) is 0.769. The summed E-state index contributed by atoms with van der Waals surface area (Å²) in [6, 6.07) is 5.36. The summed E-state index contributed by atoms with van der Waals surface area (Å²) in [5.74, 6) is -0.294. The van der Waals surface area contributed by atoms with Gasteiger partial charge < -0.3 is 18.9 Å². The van der Waals surface area contributed by atoms with E-state index in [1.54, 1.807) is 28.5 Å². The summed E-state index contributed by atoms with van der Waals surface area (Å²) in [6.45, 7) is 9.25. The second-order valence-corrected chi connectivity index (χ2v) is 7.48. The zero-order valence-electron chi connectivity index (χ0n) is 15.9. The Hall–Kier alpha value is -2.49. The molecule has 0 radical (unpaired) electrons. The van der Waals surface area contributed by atoms with Crippen LogP contribution in [0.3, 0.4) is 0 Å². The predicted molar refractivity (Wildman–Crippen MR) is 95.6 cm³/mol. The third kappa shape index (κ3) is 5.01. The summed E-state index contributed by atoms with van der Waals surface area (Å²) in [7, 11) is 0. The number of ether oxygens (including phenoxy) is 2. The van der Waals surface area contributed by atoms with Crippen molar-refractivity contribution < 1.29 is 19.1 Å². The normalized spacial score (nSPS) is 17.5. The van der Waals surface area contributed by atoms with Gasteiger partial charge in [0, 0.05) is 19.6 Å².